The molecule has 0 aliphatic heterocycles. The van der Waals surface area contributed by atoms with E-state index >= 15 is 0 Å². The van der Waals surface area contributed by atoms with Gasteiger partial charge >= 0.3 is 5.69 Å². The Bertz CT molecular complexity index is 1090. The maximum atomic E-state index is 11.2. The second-order valence-electron chi connectivity index (χ2n) is 5.53. The van der Waals surface area contributed by atoms with Crippen molar-refractivity contribution in [2.24, 2.45) is 10.2 Å². The molecule has 0 atom stereocenters. The number of nitro groups is 1. The summed E-state index contributed by atoms with van der Waals surface area (Å²) in [4.78, 5) is 18.5. The fourth-order valence-electron chi connectivity index (χ4n) is 2.15. The number of aromatic nitrogens is 2. The molecule has 0 bridgehead atoms. The fraction of sp³-hybridized carbons (Fsp3) is 0. The number of halogens is 2. The van der Waals surface area contributed by atoms with Crippen LogP contribution < -0.4 is 10.9 Å². The van der Waals surface area contributed by atoms with Crippen molar-refractivity contribution >= 4 is 53.1 Å². The molecule has 0 fully saturated rings. The van der Waals surface area contributed by atoms with Crippen molar-refractivity contribution in [3.8, 4) is 0 Å². The maximum absolute atomic E-state index is 11.2. The Kier molecular flexibility index (Phi) is 6.67. The van der Waals surface area contributed by atoms with E-state index in [1.165, 1.54) is 12.4 Å². The normalized spacial score (nSPS) is 11.1. The van der Waals surface area contributed by atoms with Gasteiger partial charge in [0.2, 0.25) is 11.8 Å². The summed E-state index contributed by atoms with van der Waals surface area (Å²) in [6, 6.07) is 14.0. The topological polar surface area (TPSA) is 118 Å². The third kappa shape index (κ3) is 5.96. The number of hydrogen-bond acceptors (Lipinski definition) is 8. The summed E-state index contributed by atoms with van der Waals surface area (Å²) in [6.07, 6.45) is 4.03. The number of nitrogens with one attached hydrogen (secondary N) is 2. The lowest BCUT2D eigenvalue weighted by Gasteiger charge is -2.03. The van der Waals surface area contributed by atoms with Gasteiger partial charge in [-0.15, -0.1) is 0 Å². The maximum Gasteiger partial charge on any atom is 0.331 e. The molecule has 0 aliphatic carbocycles. The molecule has 2 N–H and O–H groups in total. The predicted molar refractivity (Wildman–Crippen MR) is 114 cm³/mol. The highest BCUT2D eigenvalue weighted by atomic mass is 35.5. The first-order valence-corrected chi connectivity index (χ1v) is 8.87. The second kappa shape index (κ2) is 9.58. The molecule has 146 valence electrons. The van der Waals surface area contributed by atoms with Crippen LogP contribution in [0, 0.1) is 10.1 Å². The van der Waals surface area contributed by atoms with E-state index in [0.717, 1.165) is 11.8 Å². The van der Waals surface area contributed by atoms with Gasteiger partial charge in [0.1, 0.15) is 6.20 Å². The molecule has 3 rings (SSSR count). The van der Waals surface area contributed by atoms with E-state index in [1.807, 2.05) is 6.07 Å². The van der Waals surface area contributed by atoms with Crippen LogP contribution in [0.3, 0.4) is 0 Å². The molecule has 0 radical (unpaired) electrons. The van der Waals surface area contributed by atoms with Gasteiger partial charge in [-0.1, -0.05) is 47.5 Å². The molecule has 1 heterocycles. The number of benzene rings is 2. The molecule has 0 unspecified atom stereocenters. The van der Waals surface area contributed by atoms with Crippen molar-refractivity contribution < 1.29 is 4.92 Å². The highest BCUT2D eigenvalue weighted by Crippen LogP contribution is 2.22. The Balaban J connectivity index is 1.74. The summed E-state index contributed by atoms with van der Waals surface area (Å²) in [5, 5.41) is 20.3. The molecule has 0 amide bonds. The van der Waals surface area contributed by atoms with E-state index in [0.29, 0.717) is 15.6 Å². The molecule has 0 aliphatic rings. The molecular weight excluding hydrogens is 417 g/mol. The third-order valence-corrected chi connectivity index (χ3v) is 3.90. The van der Waals surface area contributed by atoms with E-state index in [4.69, 9.17) is 23.2 Å². The summed E-state index contributed by atoms with van der Waals surface area (Å²) in [5.41, 5.74) is 6.29. The Labute approximate surface area is 175 Å². The SMILES string of the molecule is O=[N+]([O-])c1cnc(NN=Cc2cccc(Cl)c2)nc1NN=Cc1cccc(Cl)c1. The summed E-state index contributed by atoms with van der Waals surface area (Å²) in [7, 11) is 0. The molecular formula is C18H13Cl2N7O2. The van der Waals surface area contributed by atoms with Crippen molar-refractivity contribution in [3.63, 3.8) is 0 Å². The first-order chi connectivity index (χ1) is 14.0. The average molecular weight is 430 g/mol. The lowest BCUT2D eigenvalue weighted by molar-refractivity contribution is -0.384. The van der Waals surface area contributed by atoms with Crippen LogP contribution in [0.4, 0.5) is 17.5 Å². The first kappa shape index (κ1) is 20.2. The Morgan fingerprint density at radius 2 is 1.55 bits per heavy atom. The molecule has 1 aromatic heterocycles. The summed E-state index contributed by atoms with van der Waals surface area (Å²) >= 11 is 11.8. The van der Waals surface area contributed by atoms with Crippen molar-refractivity contribution in [2.75, 3.05) is 10.9 Å². The van der Waals surface area contributed by atoms with Crippen LogP contribution in [-0.4, -0.2) is 27.3 Å². The van der Waals surface area contributed by atoms with Gasteiger partial charge in [0.25, 0.3) is 0 Å². The van der Waals surface area contributed by atoms with E-state index in [-0.39, 0.29) is 17.5 Å². The lowest BCUT2D eigenvalue weighted by atomic mass is 10.2. The van der Waals surface area contributed by atoms with E-state index < -0.39 is 4.92 Å². The highest BCUT2D eigenvalue weighted by molar-refractivity contribution is 6.31. The molecule has 3 aromatic rings. The van der Waals surface area contributed by atoms with Crippen LogP contribution in [-0.2, 0) is 0 Å². The zero-order chi connectivity index (χ0) is 20.6. The van der Waals surface area contributed by atoms with Crippen molar-refractivity contribution in [3.05, 3.63) is 86.0 Å². The van der Waals surface area contributed by atoms with Crippen LogP contribution in [0.25, 0.3) is 0 Å². The predicted octanol–water partition coefficient (Wildman–Crippen LogP) is 4.58. The van der Waals surface area contributed by atoms with Gasteiger partial charge in [0.05, 0.1) is 17.4 Å². The van der Waals surface area contributed by atoms with Crippen molar-refractivity contribution in [2.45, 2.75) is 0 Å². The van der Waals surface area contributed by atoms with E-state index in [2.05, 4.69) is 31.0 Å². The van der Waals surface area contributed by atoms with Crippen LogP contribution >= 0.6 is 23.2 Å². The standard InChI is InChI=1S/C18H13Cl2N7O2/c19-14-5-1-3-12(7-14)9-22-25-17-16(27(28)29)11-21-18(24-17)26-23-10-13-4-2-6-15(20)8-13/h1-11H,(H2,21,24,25,26). The minimum atomic E-state index is -0.615. The number of anilines is 2. The minimum Gasteiger partial charge on any atom is -0.258 e. The van der Waals surface area contributed by atoms with Gasteiger partial charge in [0.15, 0.2) is 0 Å². The monoisotopic (exact) mass is 429 g/mol. The van der Waals surface area contributed by atoms with Crippen LogP contribution in [0.1, 0.15) is 11.1 Å². The van der Waals surface area contributed by atoms with Crippen LogP contribution in [0.5, 0.6) is 0 Å². The quantitative estimate of drug-likeness (QED) is 0.322. The van der Waals surface area contributed by atoms with Gasteiger partial charge < -0.3 is 0 Å². The third-order valence-electron chi connectivity index (χ3n) is 3.43. The summed E-state index contributed by atoms with van der Waals surface area (Å²) in [6.45, 7) is 0. The second-order valence-corrected chi connectivity index (χ2v) is 6.41. The first-order valence-electron chi connectivity index (χ1n) is 8.12. The van der Waals surface area contributed by atoms with Crippen LogP contribution in [0.2, 0.25) is 10.0 Å². The fourth-order valence-corrected chi connectivity index (χ4v) is 2.55. The van der Waals surface area contributed by atoms with Gasteiger partial charge in [-0.25, -0.2) is 10.4 Å². The van der Waals surface area contributed by atoms with Crippen molar-refractivity contribution in [1.29, 1.82) is 0 Å². The van der Waals surface area contributed by atoms with Gasteiger partial charge in [0, 0.05) is 10.0 Å². The average Bonchev–Trinajstić information content (AvgIpc) is 2.68. The molecule has 9 nitrogen and oxygen atoms in total. The zero-order valence-corrected chi connectivity index (χ0v) is 16.2. The highest BCUT2D eigenvalue weighted by Gasteiger charge is 2.16. The zero-order valence-electron chi connectivity index (χ0n) is 14.7. The molecule has 0 saturated heterocycles. The number of hydrazone groups is 2. The Morgan fingerprint density at radius 1 is 0.966 bits per heavy atom. The Hall–Kier alpha value is -3.56. The number of nitrogens with zero attached hydrogens (tertiary/aromatic N) is 5. The minimum absolute atomic E-state index is 0.0503. The van der Waals surface area contributed by atoms with Gasteiger partial charge in [-0.2, -0.15) is 15.2 Å². The summed E-state index contributed by atoms with van der Waals surface area (Å²) in [5.74, 6) is -0.0435. The molecule has 2 aromatic carbocycles. The van der Waals surface area contributed by atoms with Gasteiger partial charge in [-0.3, -0.25) is 15.5 Å². The van der Waals surface area contributed by atoms with E-state index in [9.17, 15) is 10.1 Å². The largest absolute Gasteiger partial charge is 0.331 e. The molecule has 0 spiro atoms. The van der Waals surface area contributed by atoms with Crippen LogP contribution in [0.15, 0.2) is 64.9 Å². The van der Waals surface area contributed by atoms with Crippen molar-refractivity contribution in [1.82, 2.24) is 9.97 Å². The molecule has 29 heavy (non-hydrogen) atoms. The Morgan fingerprint density at radius 3 is 2.10 bits per heavy atom. The lowest BCUT2D eigenvalue weighted by Crippen LogP contribution is -2.04. The van der Waals surface area contributed by atoms with Gasteiger partial charge in [-0.05, 0) is 35.4 Å². The number of rotatable bonds is 7. The molecule has 11 heteroatoms. The smallest absolute Gasteiger partial charge is 0.258 e. The number of hydrogen-bond donors (Lipinski definition) is 2. The molecule has 0 saturated carbocycles. The van der Waals surface area contributed by atoms with E-state index in [1.54, 1.807) is 42.5 Å². The summed E-state index contributed by atoms with van der Waals surface area (Å²) < 4.78 is 0.